The van der Waals surface area contributed by atoms with Crippen LogP contribution in [0.4, 0.5) is 0 Å². The molecule has 4 nitrogen and oxygen atoms in total. The lowest BCUT2D eigenvalue weighted by Crippen LogP contribution is -2.00. The van der Waals surface area contributed by atoms with Gasteiger partial charge in [-0.15, -0.1) is 0 Å². The molecule has 0 aliphatic heterocycles. The van der Waals surface area contributed by atoms with E-state index in [4.69, 9.17) is 5.84 Å². The summed E-state index contributed by atoms with van der Waals surface area (Å²) in [5.41, 5.74) is 2.49. The number of rotatable bonds is 3. The molecule has 2 aromatic carbocycles. The summed E-state index contributed by atoms with van der Waals surface area (Å²) < 4.78 is 0. The minimum absolute atomic E-state index is 0.260. The van der Waals surface area contributed by atoms with Gasteiger partial charge in [0, 0.05) is 5.56 Å². The number of nitrogens with zero attached hydrogens (tertiary/aromatic N) is 1. The molecule has 0 unspecified atom stereocenters. The van der Waals surface area contributed by atoms with Crippen molar-refractivity contribution in [3.05, 3.63) is 59.7 Å². The molecule has 0 saturated carbocycles. The quantitative estimate of drug-likeness (QED) is 0.491. The highest BCUT2D eigenvalue weighted by Gasteiger charge is 2.12. The summed E-state index contributed by atoms with van der Waals surface area (Å²) in [4.78, 5) is 11.2. The number of hydrogen-bond donors (Lipinski definition) is 2. The van der Waals surface area contributed by atoms with E-state index < -0.39 is 5.97 Å². The molecule has 0 saturated heterocycles. The zero-order chi connectivity index (χ0) is 13.0. The van der Waals surface area contributed by atoms with Crippen LogP contribution in [0.15, 0.2) is 53.6 Å². The van der Waals surface area contributed by atoms with E-state index in [1.807, 2.05) is 24.3 Å². The van der Waals surface area contributed by atoms with Gasteiger partial charge in [-0.3, -0.25) is 0 Å². The second-order valence-corrected chi connectivity index (χ2v) is 3.72. The largest absolute Gasteiger partial charge is 0.478 e. The maximum Gasteiger partial charge on any atom is 0.336 e. The van der Waals surface area contributed by atoms with E-state index in [1.165, 1.54) is 6.21 Å². The number of carbonyl (C=O) groups is 1. The predicted molar refractivity (Wildman–Crippen MR) is 70.6 cm³/mol. The molecule has 3 N–H and O–H groups in total. The summed E-state index contributed by atoms with van der Waals surface area (Å²) in [6.45, 7) is 0. The first-order valence-corrected chi connectivity index (χ1v) is 5.39. The van der Waals surface area contributed by atoms with Gasteiger partial charge in [0.25, 0.3) is 0 Å². The van der Waals surface area contributed by atoms with Crippen molar-refractivity contribution in [3.63, 3.8) is 0 Å². The Morgan fingerprint density at radius 3 is 2.33 bits per heavy atom. The summed E-state index contributed by atoms with van der Waals surface area (Å²) in [6, 6.07) is 14.2. The molecule has 18 heavy (non-hydrogen) atoms. The molecule has 0 fully saturated rings. The first-order valence-electron chi connectivity index (χ1n) is 5.39. The van der Waals surface area contributed by atoms with Crippen LogP contribution in [-0.4, -0.2) is 17.3 Å². The van der Waals surface area contributed by atoms with Gasteiger partial charge >= 0.3 is 5.97 Å². The predicted octanol–water partition coefficient (Wildman–Crippen LogP) is 2.34. The van der Waals surface area contributed by atoms with Crippen LogP contribution in [0.3, 0.4) is 0 Å². The highest BCUT2D eigenvalue weighted by molar-refractivity contribution is 5.99. The standard InChI is InChI=1S/C14H12N2O2/c15-16-9-10-5-1-2-6-11(10)12-7-3-4-8-13(12)14(17)18/h1-9H,15H2,(H,17,18). The molecule has 0 atom stereocenters. The highest BCUT2D eigenvalue weighted by Crippen LogP contribution is 2.26. The molecule has 0 aliphatic rings. The zero-order valence-corrected chi connectivity index (χ0v) is 9.58. The fraction of sp³-hybridized carbons (Fsp3) is 0. The van der Waals surface area contributed by atoms with Crippen molar-refractivity contribution in [2.24, 2.45) is 10.9 Å². The van der Waals surface area contributed by atoms with E-state index in [2.05, 4.69) is 5.10 Å². The molecule has 0 spiro atoms. The SMILES string of the molecule is NN=Cc1ccccc1-c1ccccc1C(=O)O. The monoisotopic (exact) mass is 240 g/mol. The van der Waals surface area contributed by atoms with Crippen molar-refractivity contribution in [2.75, 3.05) is 0 Å². The topological polar surface area (TPSA) is 75.7 Å². The summed E-state index contributed by atoms with van der Waals surface area (Å²) in [5, 5.41) is 12.7. The number of nitrogens with two attached hydrogens (primary N) is 1. The van der Waals surface area contributed by atoms with Crippen LogP contribution in [0.2, 0.25) is 0 Å². The fourth-order valence-electron chi connectivity index (χ4n) is 1.84. The van der Waals surface area contributed by atoms with Crippen molar-refractivity contribution >= 4 is 12.2 Å². The van der Waals surface area contributed by atoms with E-state index in [0.717, 1.165) is 11.1 Å². The second-order valence-electron chi connectivity index (χ2n) is 3.72. The van der Waals surface area contributed by atoms with Crippen LogP contribution < -0.4 is 5.84 Å². The Kier molecular flexibility index (Phi) is 3.38. The molecule has 2 rings (SSSR count). The normalized spacial score (nSPS) is 10.7. The maximum atomic E-state index is 11.2. The van der Waals surface area contributed by atoms with E-state index in [-0.39, 0.29) is 5.56 Å². The molecular formula is C14H12N2O2. The smallest absolute Gasteiger partial charge is 0.336 e. The first kappa shape index (κ1) is 11.9. The Morgan fingerprint density at radius 2 is 1.67 bits per heavy atom. The van der Waals surface area contributed by atoms with Gasteiger partial charge in [-0.2, -0.15) is 5.10 Å². The lowest BCUT2D eigenvalue weighted by atomic mass is 9.96. The van der Waals surface area contributed by atoms with E-state index >= 15 is 0 Å². The van der Waals surface area contributed by atoms with Crippen LogP contribution in [-0.2, 0) is 0 Å². The average molecular weight is 240 g/mol. The first-order chi connectivity index (χ1) is 8.74. The lowest BCUT2D eigenvalue weighted by molar-refractivity contribution is 0.0698. The van der Waals surface area contributed by atoms with Crippen LogP contribution in [0.5, 0.6) is 0 Å². The van der Waals surface area contributed by atoms with E-state index in [1.54, 1.807) is 24.3 Å². The van der Waals surface area contributed by atoms with Gasteiger partial charge in [-0.05, 0) is 17.2 Å². The molecule has 0 bridgehead atoms. The molecule has 0 heterocycles. The van der Waals surface area contributed by atoms with Crippen molar-refractivity contribution in [1.82, 2.24) is 0 Å². The van der Waals surface area contributed by atoms with Gasteiger partial charge in [0.2, 0.25) is 0 Å². The summed E-state index contributed by atoms with van der Waals surface area (Å²) in [6.07, 6.45) is 1.51. The number of hydrazone groups is 1. The Bertz CT molecular complexity index is 606. The maximum absolute atomic E-state index is 11.2. The zero-order valence-electron chi connectivity index (χ0n) is 9.58. The highest BCUT2D eigenvalue weighted by atomic mass is 16.4. The van der Waals surface area contributed by atoms with E-state index in [0.29, 0.717) is 5.56 Å². The van der Waals surface area contributed by atoms with Gasteiger partial charge in [0.05, 0.1) is 11.8 Å². The molecular weight excluding hydrogens is 228 g/mol. The molecule has 0 radical (unpaired) electrons. The van der Waals surface area contributed by atoms with Crippen molar-refractivity contribution in [2.45, 2.75) is 0 Å². The Balaban J connectivity index is 2.66. The van der Waals surface area contributed by atoms with Gasteiger partial charge in [0.1, 0.15) is 0 Å². The van der Waals surface area contributed by atoms with Crippen LogP contribution in [0.1, 0.15) is 15.9 Å². The number of aromatic carboxylic acids is 1. The van der Waals surface area contributed by atoms with Crippen LogP contribution >= 0.6 is 0 Å². The summed E-state index contributed by atoms with van der Waals surface area (Å²) >= 11 is 0. The molecule has 4 heteroatoms. The number of hydrogen-bond acceptors (Lipinski definition) is 3. The summed E-state index contributed by atoms with van der Waals surface area (Å²) in [7, 11) is 0. The lowest BCUT2D eigenvalue weighted by Gasteiger charge is -2.08. The molecule has 90 valence electrons. The molecule has 0 amide bonds. The Labute approximate surface area is 104 Å². The van der Waals surface area contributed by atoms with Gasteiger partial charge in [-0.25, -0.2) is 4.79 Å². The van der Waals surface area contributed by atoms with Gasteiger partial charge in [0.15, 0.2) is 0 Å². The van der Waals surface area contributed by atoms with E-state index in [9.17, 15) is 9.90 Å². The van der Waals surface area contributed by atoms with Crippen LogP contribution in [0.25, 0.3) is 11.1 Å². The van der Waals surface area contributed by atoms with Gasteiger partial charge in [-0.1, -0.05) is 42.5 Å². The third kappa shape index (κ3) is 2.22. The molecule has 0 aromatic heterocycles. The molecule has 2 aromatic rings. The van der Waals surface area contributed by atoms with Crippen molar-refractivity contribution in [3.8, 4) is 11.1 Å². The summed E-state index contributed by atoms with van der Waals surface area (Å²) in [5.74, 6) is 4.20. The fourth-order valence-corrected chi connectivity index (χ4v) is 1.84. The average Bonchev–Trinajstić information content (AvgIpc) is 2.40. The molecule has 0 aliphatic carbocycles. The third-order valence-electron chi connectivity index (χ3n) is 2.62. The van der Waals surface area contributed by atoms with Crippen LogP contribution in [0, 0.1) is 0 Å². The van der Waals surface area contributed by atoms with Crippen molar-refractivity contribution in [1.29, 1.82) is 0 Å². The minimum atomic E-state index is -0.954. The number of carboxylic acids is 1. The van der Waals surface area contributed by atoms with Crippen molar-refractivity contribution < 1.29 is 9.90 Å². The van der Waals surface area contributed by atoms with Gasteiger partial charge < -0.3 is 10.9 Å². The minimum Gasteiger partial charge on any atom is -0.478 e. The number of carboxylic acid groups (broad SMARTS) is 1. The Hall–Kier alpha value is -2.62. The third-order valence-corrected chi connectivity index (χ3v) is 2.62. The Morgan fingerprint density at radius 1 is 1.06 bits per heavy atom. The number of benzene rings is 2. The second kappa shape index (κ2) is 5.14.